The van der Waals surface area contributed by atoms with Gasteiger partial charge in [-0.15, -0.1) is 0 Å². The number of hydrogen-bond acceptors (Lipinski definition) is 4. The second-order valence-electron chi connectivity index (χ2n) is 4.88. The summed E-state index contributed by atoms with van der Waals surface area (Å²) in [6, 6.07) is 13.5. The summed E-state index contributed by atoms with van der Waals surface area (Å²) in [6.07, 6.45) is -0.991. The third-order valence-electron chi connectivity index (χ3n) is 2.91. The first-order valence-electron chi connectivity index (χ1n) is 7.08. The van der Waals surface area contributed by atoms with Gasteiger partial charge in [0.1, 0.15) is 5.75 Å². The van der Waals surface area contributed by atoms with Crippen molar-refractivity contribution in [1.82, 2.24) is 0 Å². The van der Waals surface area contributed by atoms with Gasteiger partial charge in [-0.3, -0.25) is 4.79 Å². The van der Waals surface area contributed by atoms with Crippen LogP contribution in [-0.4, -0.2) is 24.6 Å². The molecule has 0 bridgehead atoms. The standard InChI is InChI=1S/C17H15Cl2NO4/c1-11(17(22)20-14-8-12(18)7-13(19)9-14)24-16(21)10-23-15-5-3-2-4-6-15/h2-9,11H,10H2,1H3,(H,20,22)/t11-/m0/s1. The van der Waals surface area contributed by atoms with E-state index in [4.69, 9.17) is 32.7 Å². The number of benzene rings is 2. The molecule has 0 aliphatic heterocycles. The van der Waals surface area contributed by atoms with Crippen LogP contribution in [0.3, 0.4) is 0 Å². The van der Waals surface area contributed by atoms with Crippen LogP contribution < -0.4 is 10.1 Å². The number of amides is 1. The lowest BCUT2D eigenvalue weighted by Gasteiger charge is -2.14. The molecule has 1 atom stereocenters. The van der Waals surface area contributed by atoms with Crippen molar-refractivity contribution in [1.29, 1.82) is 0 Å². The summed E-state index contributed by atoms with van der Waals surface area (Å²) in [5.41, 5.74) is 0.418. The topological polar surface area (TPSA) is 64.6 Å². The molecule has 0 saturated carbocycles. The van der Waals surface area contributed by atoms with Crippen molar-refractivity contribution in [3.63, 3.8) is 0 Å². The van der Waals surface area contributed by atoms with Gasteiger partial charge in [-0.1, -0.05) is 41.4 Å². The fourth-order valence-corrected chi connectivity index (χ4v) is 2.34. The second-order valence-corrected chi connectivity index (χ2v) is 5.75. The predicted molar refractivity (Wildman–Crippen MR) is 92.6 cm³/mol. The number of anilines is 1. The van der Waals surface area contributed by atoms with Gasteiger partial charge in [-0.05, 0) is 37.3 Å². The average molecular weight is 368 g/mol. The number of carbonyl (C=O) groups excluding carboxylic acids is 2. The molecule has 2 aromatic carbocycles. The van der Waals surface area contributed by atoms with Gasteiger partial charge in [0, 0.05) is 15.7 Å². The Morgan fingerprint density at radius 1 is 1.08 bits per heavy atom. The van der Waals surface area contributed by atoms with Crippen molar-refractivity contribution in [2.24, 2.45) is 0 Å². The number of halogens is 2. The van der Waals surface area contributed by atoms with Crippen LogP contribution in [0.4, 0.5) is 5.69 Å². The zero-order valence-electron chi connectivity index (χ0n) is 12.8. The maximum absolute atomic E-state index is 12.0. The van der Waals surface area contributed by atoms with Crippen LogP contribution in [0.15, 0.2) is 48.5 Å². The van der Waals surface area contributed by atoms with E-state index in [-0.39, 0.29) is 6.61 Å². The van der Waals surface area contributed by atoms with Gasteiger partial charge >= 0.3 is 5.97 Å². The number of rotatable bonds is 6. The highest BCUT2D eigenvalue weighted by atomic mass is 35.5. The van der Waals surface area contributed by atoms with Crippen LogP contribution in [0.1, 0.15) is 6.92 Å². The minimum atomic E-state index is -0.991. The lowest BCUT2D eigenvalue weighted by atomic mass is 10.3. The minimum absolute atomic E-state index is 0.287. The first-order chi connectivity index (χ1) is 11.4. The Morgan fingerprint density at radius 2 is 1.71 bits per heavy atom. The Hall–Kier alpha value is -2.24. The molecule has 0 saturated heterocycles. The highest BCUT2D eigenvalue weighted by molar-refractivity contribution is 6.35. The summed E-state index contributed by atoms with van der Waals surface area (Å²) in [6.45, 7) is 1.17. The third-order valence-corrected chi connectivity index (χ3v) is 3.34. The first-order valence-corrected chi connectivity index (χ1v) is 7.84. The molecule has 0 unspecified atom stereocenters. The smallest absolute Gasteiger partial charge is 0.344 e. The van der Waals surface area contributed by atoms with E-state index in [1.165, 1.54) is 6.92 Å². The van der Waals surface area contributed by atoms with E-state index >= 15 is 0 Å². The molecule has 0 radical (unpaired) electrons. The summed E-state index contributed by atoms with van der Waals surface area (Å²) in [4.78, 5) is 23.8. The molecule has 1 amide bonds. The largest absolute Gasteiger partial charge is 0.482 e. The molecule has 1 N–H and O–H groups in total. The van der Waals surface area contributed by atoms with E-state index in [1.807, 2.05) is 6.07 Å². The molecule has 0 aliphatic carbocycles. The normalized spacial score (nSPS) is 11.5. The van der Waals surface area contributed by atoms with Crippen LogP contribution in [0.25, 0.3) is 0 Å². The predicted octanol–water partition coefficient (Wildman–Crippen LogP) is 3.94. The van der Waals surface area contributed by atoms with E-state index in [0.717, 1.165) is 0 Å². The summed E-state index contributed by atoms with van der Waals surface area (Å²) >= 11 is 11.7. The van der Waals surface area contributed by atoms with Crippen molar-refractivity contribution in [2.75, 3.05) is 11.9 Å². The Labute approximate surface area is 149 Å². The average Bonchev–Trinajstić information content (AvgIpc) is 2.53. The lowest BCUT2D eigenvalue weighted by molar-refractivity contribution is -0.155. The molecule has 126 valence electrons. The molecular formula is C17H15Cl2NO4. The van der Waals surface area contributed by atoms with Gasteiger partial charge in [-0.25, -0.2) is 4.79 Å². The molecule has 0 heterocycles. The van der Waals surface area contributed by atoms with Crippen molar-refractivity contribution in [2.45, 2.75) is 13.0 Å². The van der Waals surface area contributed by atoms with Gasteiger partial charge in [0.05, 0.1) is 0 Å². The Morgan fingerprint density at radius 3 is 2.33 bits per heavy atom. The van der Waals surface area contributed by atoms with Crippen molar-refractivity contribution in [3.05, 3.63) is 58.6 Å². The molecule has 0 spiro atoms. The lowest BCUT2D eigenvalue weighted by Crippen LogP contribution is -2.31. The van der Waals surface area contributed by atoms with Crippen LogP contribution in [0.2, 0.25) is 10.0 Å². The van der Waals surface area contributed by atoms with E-state index in [1.54, 1.807) is 42.5 Å². The fraction of sp³-hybridized carbons (Fsp3) is 0.176. The Kier molecular flexibility index (Phi) is 6.46. The maximum atomic E-state index is 12.0. The number of para-hydroxylation sites is 1. The zero-order chi connectivity index (χ0) is 17.5. The molecule has 0 fully saturated rings. The number of carbonyl (C=O) groups is 2. The van der Waals surface area contributed by atoms with Crippen LogP contribution in [-0.2, 0) is 14.3 Å². The van der Waals surface area contributed by atoms with Crippen LogP contribution >= 0.6 is 23.2 Å². The van der Waals surface area contributed by atoms with Crippen LogP contribution in [0, 0.1) is 0 Å². The SMILES string of the molecule is C[C@H](OC(=O)COc1ccccc1)C(=O)Nc1cc(Cl)cc(Cl)c1. The minimum Gasteiger partial charge on any atom is -0.482 e. The summed E-state index contributed by atoms with van der Waals surface area (Å²) < 4.78 is 10.3. The fourth-order valence-electron chi connectivity index (χ4n) is 1.81. The maximum Gasteiger partial charge on any atom is 0.344 e. The number of esters is 1. The first kappa shape index (κ1) is 18.1. The number of nitrogens with one attached hydrogen (secondary N) is 1. The van der Waals surface area contributed by atoms with E-state index < -0.39 is 18.0 Å². The third kappa shape index (κ3) is 5.76. The Bertz CT molecular complexity index is 702. The molecule has 0 aliphatic rings. The number of ether oxygens (including phenoxy) is 2. The van der Waals surface area contributed by atoms with Crippen molar-refractivity contribution < 1.29 is 19.1 Å². The molecular weight excluding hydrogens is 353 g/mol. The molecule has 0 aromatic heterocycles. The zero-order valence-corrected chi connectivity index (χ0v) is 14.3. The van der Waals surface area contributed by atoms with Gasteiger partial charge in [0.25, 0.3) is 5.91 Å². The molecule has 24 heavy (non-hydrogen) atoms. The number of hydrogen-bond donors (Lipinski definition) is 1. The van der Waals surface area contributed by atoms with Crippen molar-refractivity contribution in [3.8, 4) is 5.75 Å². The van der Waals surface area contributed by atoms with E-state index in [2.05, 4.69) is 5.32 Å². The van der Waals surface area contributed by atoms with Crippen LogP contribution in [0.5, 0.6) is 5.75 Å². The van der Waals surface area contributed by atoms with E-state index in [0.29, 0.717) is 21.5 Å². The summed E-state index contributed by atoms with van der Waals surface area (Å²) in [5, 5.41) is 3.35. The molecule has 7 heteroatoms. The highest BCUT2D eigenvalue weighted by Crippen LogP contribution is 2.22. The molecule has 2 aromatic rings. The van der Waals surface area contributed by atoms with Gasteiger partial charge < -0.3 is 14.8 Å². The summed E-state index contributed by atoms with van der Waals surface area (Å²) in [7, 11) is 0. The van der Waals surface area contributed by atoms with Gasteiger partial charge in [-0.2, -0.15) is 0 Å². The highest BCUT2D eigenvalue weighted by Gasteiger charge is 2.18. The Balaban J connectivity index is 1.83. The second kappa shape index (κ2) is 8.57. The van der Waals surface area contributed by atoms with E-state index in [9.17, 15) is 9.59 Å². The monoisotopic (exact) mass is 367 g/mol. The molecule has 2 rings (SSSR count). The van der Waals surface area contributed by atoms with Gasteiger partial charge in [0.2, 0.25) is 0 Å². The quantitative estimate of drug-likeness (QED) is 0.785. The molecule has 5 nitrogen and oxygen atoms in total. The van der Waals surface area contributed by atoms with Crippen molar-refractivity contribution >= 4 is 40.8 Å². The van der Waals surface area contributed by atoms with Gasteiger partial charge in [0.15, 0.2) is 12.7 Å². The summed E-state index contributed by atoms with van der Waals surface area (Å²) in [5.74, 6) is -0.604.